The van der Waals surface area contributed by atoms with Crippen LogP contribution < -0.4 is 0 Å². The van der Waals surface area contributed by atoms with E-state index in [1.807, 2.05) is 13.0 Å². The maximum absolute atomic E-state index is 11.3. The molecule has 0 amide bonds. The zero-order chi connectivity index (χ0) is 9.35. The summed E-state index contributed by atoms with van der Waals surface area (Å²) in [5.74, 6) is 0.137. The van der Waals surface area contributed by atoms with E-state index in [-0.39, 0.29) is 23.9 Å². The Kier molecular flexibility index (Phi) is 2.38. The molecule has 0 radical (unpaired) electrons. The van der Waals surface area contributed by atoms with Gasteiger partial charge in [-0.15, -0.1) is 0 Å². The topological polar surface area (TPSA) is 26.3 Å². The highest BCUT2D eigenvalue weighted by molar-refractivity contribution is 5.99. The Morgan fingerprint density at radius 1 is 1.50 bits per heavy atom. The highest BCUT2D eigenvalue weighted by Crippen LogP contribution is 2.32. The van der Waals surface area contributed by atoms with Crippen LogP contribution in [0.15, 0.2) is 11.6 Å². The molecule has 0 N–H and O–H groups in total. The number of carbonyl (C=O) groups is 1. The normalized spacial score (nSPS) is 28.5. The SMILES string of the molecule is C/C=C1\C(=O)COC1C(C)(C)C. The molecule has 0 spiro atoms. The van der Waals surface area contributed by atoms with Crippen molar-refractivity contribution in [2.24, 2.45) is 5.41 Å². The molecule has 1 heterocycles. The van der Waals surface area contributed by atoms with Crippen molar-refractivity contribution in [1.82, 2.24) is 0 Å². The number of rotatable bonds is 0. The van der Waals surface area contributed by atoms with E-state index in [1.54, 1.807) is 0 Å². The average Bonchev–Trinajstić information content (AvgIpc) is 2.29. The lowest BCUT2D eigenvalue weighted by Crippen LogP contribution is -2.27. The summed E-state index contributed by atoms with van der Waals surface area (Å²) >= 11 is 0. The fraction of sp³-hybridized carbons (Fsp3) is 0.700. The summed E-state index contributed by atoms with van der Waals surface area (Å²) in [6, 6.07) is 0. The van der Waals surface area contributed by atoms with Gasteiger partial charge in [0.05, 0.1) is 6.10 Å². The molecule has 1 saturated heterocycles. The fourth-order valence-electron chi connectivity index (χ4n) is 1.51. The molecule has 0 aliphatic carbocycles. The number of carbonyl (C=O) groups excluding carboxylic acids is 1. The highest BCUT2D eigenvalue weighted by atomic mass is 16.5. The van der Waals surface area contributed by atoms with Gasteiger partial charge in [0, 0.05) is 5.57 Å². The molecular formula is C10H16O2. The Morgan fingerprint density at radius 3 is 2.42 bits per heavy atom. The molecule has 0 aromatic carbocycles. The van der Waals surface area contributed by atoms with Crippen LogP contribution in [0.3, 0.4) is 0 Å². The number of hydrogen-bond donors (Lipinski definition) is 0. The number of allylic oxidation sites excluding steroid dienone is 1. The molecule has 1 aliphatic rings. The number of ether oxygens (including phenoxy) is 1. The molecule has 1 atom stereocenters. The molecule has 0 aromatic heterocycles. The largest absolute Gasteiger partial charge is 0.365 e. The van der Waals surface area contributed by atoms with Crippen LogP contribution >= 0.6 is 0 Å². The Labute approximate surface area is 73.6 Å². The second-order valence-corrected chi connectivity index (χ2v) is 4.22. The molecule has 1 rings (SSSR count). The van der Waals surface area contributed by atoms with Crippen molar-refractivity contribution >= 4 is 5.78 Å². The third kappa shape index (κ3) is 1.58. The van der Waals surface area contributed by atoms with E-state index in [4.69, 9.17) is 4.74 Å². The Hall–Kier alpha value is -0.630. The van der Waals surface area contributed by atoms with Crippen molar-refractivity contribution in [2.75, 3.05) is 6.61 Å². The van der Waals surface area contributed by atoms with Crippen LogP contribution in [0.2, 0.25) is 0 Å². The lowest BCUT2D eigenvalue weighted by atomic mass is 9.84. The summed E-state index contributed by atoms with van der Waals surface area (Å²) in [6.07, 6.45) is 1.85. The van der Waals surface area contributed by atoms with E-state index in [2.05, 4.69) is 20.8 Å². The summed E-state index contributed by atoms with van der Waals surface area (Å²) in [6.45, 7) is 8.39. The number of hydrogen-bond acceptors (Lipinski definition) is 2. The van der Waals surface area contributed by atoms with E-state index >= 15 is 0 Å². The summed E-state index contributed by atoms with van der Waals surface area (Å²) in [7, 11) is 0. The molecular weight excluding hydrogens is 152 g/mol. The third-order valence-corrected chi connectivity index (χ3v) is 2.08. The van der Waals surface area contributed by atoms with Crippen LogP contribution in [0.1, 0.15) is 27.7 Å². The Bertz CT molecular complexity index is 220. The fourth-order valence-corrected chi connectivity index (χ4v) is 1.51. The minimum atomic E-state index is -0.0185. The van der Waals surface area contributed by atoms with Crippen LogP contribution in [0.25, 0.3) is 0 Å². The molecule has 2 nitrogen and oxygen atoms in total. The molecule has 68 valence electrons. The van der Waals surface area contributed by atoms with Gasteiger partial charge in [0.15, 0.2) is 5.78 Å². The first-order valence-electron chi connectivity index (χ1n) is 4.28. The van der Waals surface area contributed by atoms with E-state index in [0.717, 1.165) is 5.57 Å². The molecule has 1 aliphatic heterocycles. The van der Waals surface area contributed by atoms with Crippen molar-refractivity contribution in [3.05, 3.63) is 11.6 Å². The lowest BCUT2D eigenvalue weighted by molar-refractivity contribution is -0.116. The van der Waals surface area contributed by atoms with Gasteiger partial charge in [0.2, 0.25) is 0 Å². The number of Topliss-reactive ketones (excluding diaryl/α,β-unsaturated/α-hetero) is 1. The van der Waals surface area contributed by atoms with Crippen LogP contribution in [-0.2, 0) is 9.53 Å². The van der Waals surface area contributed by atoms with E-state index in [9.17, 15) is 4.79 Å². The van der Waals surface area contributed by atoms with Gasteiger partial charge in [-0.3, -0.25) is 4.79 Å². The predicted octanol–water partition coefficient (Wildman–Crippen LogP) is 1.95. The molecule has 1 fully saturated rings. The van der Waals surface area contributed by atoms with Gasteiger partial charge in [-0.1, -0.05) is 26.8 Å². The minimum absolute atomic E-state index is 0.0185. The quantitative estimate of drug-likeness (QED) is 0.517. The van der Waals surface area contributed by atoms with E-state index < -0.39 is 0 Å². The maximum Gasteiger partial charge on any atom is 0.186 e. The van der Waals surface area contributed by atoms with Crippen molar-refractivity contribution < 1.29 is 9.53 Å². The Morgan fingerprint density at radius 2 is 2.08 bits per heavy atom. The molecule has 12 heavy (non-hydrogen) atoms. The summed E-state index contributed by atoms with van der Waals surface area (Å²) < 4.78 is 5.42. The van der Waals surface area contributed by atoms with Gasteiger partial charge in [0.1, 0.15) is 6.61 Å². The highest BCUT2D eigenvalue weighted by Gasteiger charge is 2.37. The maximum atomic E-state index is 11.3. The second-order valence-electron chi connectivity index (χ2n) is 4.22. The standard InChI is InChI=1S/C10H16O2/c1-5-7-8(11)6-12-9(7)10(2,3)4/h5,9H,6H2,1-4H3/b7-5+. The lowest BCUT2D eigenvalue weighted by Gasteiger charge is -2.26. The van der Waals surface area contributed by atoms with Gasteiger partial charge in [-0.25, -0.2) is 0 Å². The number of ketones is 1. The molecule has 0 aromatic rings. The first-order valence-corrected chi connectivity index (χ1v) is 4.28. The molecule has 0 bridgehead atoms. The van der Waals surface area contributed by atoms with Gasteiger partial charge in [-0.05, 0) is 12.3 Å². The van der Waals surface area contributed by atoms with Crippen molar-refractivity contribution in [2.45, 2.75) is 33.8 Å². The van der Waals surface area contributed by atoms with Gasteiger partial charge >= 0.3 is 0 Å². The van der Waals surface area contributed by atoms with Crippen molar-refractivity contribution in [1.29, 1.82) is 0 Å². The summed E-state index contributed by atoms with van der Waals surface area (Å²) in [5.41, 5.74) is 0.857. The predicted molar refractivity (Wildman–Crippen MR) is 48.0 cm³/mol. The summed E-state index contributed by atoms with van der Waals surface area (Å²) in [5, 5.41) is 0. The zero-order valence-corrected chi connectivity index (χ0v) is 8.18. The van der Waals surface area contributed by atoms with Crippen LogP contribution in [0, 0.1) is 5.41 Å². The third-order valence-electron chi connectivity index (χ3n) is 2.08. The second kappa shape index (κ2) is 3.02. The first kappa shape index (κ1) is 9.46. The van der Waals surface area contributed by atoms with Gasteiger partial charge in [-0.2, -0.15) is 0 Å². The minimum Gasteiger partial charge on any atom is -0.365 e. The van der Waals surface area contributed by atoms with E-state index in [1.165, 1.54) is 0 Å². The van der Waals surface area contributed by atoms with Crippen LogP contribution in [0.4, 0.5) is 0 Å². The van der Waals surface area contributed by atoms with Gasteiger partial charge < -0.3 is 4.74 Å². The zero-order valence-electron chi connectivity index (χ0n) is 8.18. The molecule has 1 unspecified atom stereocenters. The van der Waals surface area contributed by atoms with Gasteiger partial charge in [0.25, 0.3) is 0 Å². The monoisotopic (exact) mass is 168 g/mol. The van der Waals surface area contributed by atoms with Crippen LogP contribution in [0.5, 0.6) is 0 Å². The van der Waals surface area contributed by atoms with E-state index in [0.29, 0.717) is 0 Å². The first-order chi connectivity index (χ1) is 5.46. The smallest absolute Gasteiger partial charge is 0.186 e. The van der Waals surface area contributed by atoms with Crippen molar-refractivity contribution in [3.8, 4) is 0 Å². The Balaban J connectivity index is 2.89. The molecule has 2 heteroatoms. The van der Waals surface area contributed by atoms with Crippen LogP contribution in [-0.4, -0.2) is 18.5 Å². The summed E-state index contributed by atoms with van der Waals surface area (Å²) in [4.78, 5) is 11.3. The van der Waals surface area contributed by atoms with Crippen molar-refractivity contribution in [3.63, 3.8) is 0 Å². The molecule has 0 saturated carbocycles. The average molecular weight is 168 g/mol.